The van der Waals surface area contributed by atoms with Crippen molar-refractivity contribution in [3.05, 3.63) is 23.8 Å². The van der Waals surface area contributed by atoms with Crippen molar-refractivity contribution in [2.75, 3.05) is 26.2 Å². The topological polar surface area (TPSA) is 41.1 Å². The molecule has 2 heterocycles. The van der Waals surface area contributed by atoms with Gasteiger partial charge >= 0.3 is 0 Å². The Morgan fingerprint density at radius 2 is 2.00 bits per heavy atom. The fourth-order valence-electron chi connectivity index (χ4n) is 2.66. The van der Waals surface area contributed by atoms with Crippen molar-refractivity contribution in [3.8, 4) is 0 Å². The molecule has 0 saturated carbocycles. The van der Waals surface area contributed by atoms with E-state index in [4.69, 9.17) is 0 Å². The van der Waals surface area contributed by atoms with E-state index in [0.717, 1.165) is 30.4 Å². The lowest BCUT2D eigenvalue weighted by molar-refractivity contribution is 0.191. The van der Waals surface area contributed by atoms with E-state index in [2.05, 4.69) is 34.0 Å². The summed E-state index contributed by atoms with van der Waals surface area (Å²) >= 11 is 0. The molecular formula is C15H26N4. The Balaban J connectivity index is 1.72. The monoisotopic (exact) mass is 262 g/mol. The van der Waals surface area contributed by atoms with Gasteiger partial charge in [0.1, 0.15) is 0 Å². The van der Waals surface area contributed by atoms with Gasteiger partial charge in [-0.05, 0) is 45.7 Å². The zero-order valence-electron chi connectivity index (χ0n) is 12.4. The largest absolute Gasteiger partial charge is 0.308 e. The smallest absolute Gasteiger partial charge is 0.0782 e. The summed E-state index contributed by atoms with van der Waals surface area (Å²) in [6.45, 7) is 11.2. The molecule has 2 rings (SSSR count). The average Bonchev–Trinajstić information content (AvgIpc) is 2.41. The lowest BCUT2D eigenvalue weighted by Crippen LogP contribution is -2.38. The quantitative estimate of drug-likeness (QED) is 0.883. The number of piperidine rings is 1. The Morgan fingerprint density at radius 1 is 1.32 bits per heavy atom. The second kappa shape index (κ2) is 6.96. The summed E-state index contributed by atoms with van der Waals surface area (Å²) in [7, 11) is 0. The molecule has 1 aromatic rings. The van der Waals surface area contributed by atoms with Crippen LogP contribution in [0.4, 0.5) is 0 Å². The minimum absolute atomic E-state index is 0.275. The first kappa shape index (κ1) is 14.4. The van der Waals surface area contributed by atoms with Crippen molar-refractivity contribution in [3.63, 3.8) is 0 Å². The highest BCUT2D eigenvalue weighted by molar-refractivity contribution is 5.12. The molecule has 1 atom stereocenters. The molecular weight excluding hydrogens is 236 g/mol. The zero-order chi connectivity index (χ0) is 13.7. The molecule has 0 radical (unpaired) electrons. The summed E-state index contributed by atoms with van der Waals surface area (Å²) in [5.41, 5.74) is 2.09. The predicted octanol–water partition coefficient (Wildman–Crippen LogP) is 2.17. The zero-order valence-corrected chi connectivity index (χ0v) is 12.4. The van der Waals surface area contributed by atoms with Crippen LogP contribution in [-0.4, -0.2) is 41.0 Å². The van der Waals surface area contributed by atoms with Crippen LogP contribution in [0, 0.1) is 12.8 Å². The van der Waals surface area contributed by atoms with Gasteiger partial charge in [0.15, 0.2) is 0 Å². The molecule has 4 nitrogen and oxygen atoms in total. The Hall–Kier alpha value is -1.00. The number of hydrogen-bond acceptors (Lipinski definition) is 4. The normalized spacial score (nSPS) is 19.5. The van der Waals surface area contributed by atoms with Gasteiger partial charge in [-0.1, -0.05) is 6.92 Å². The number of aryl methyl sites for hydroxylation is 1. The average molecular weight is 262 g/mol. The predicted molar refractivity (Wildman–Crippen MR) is 78.0 cm³/mol. The van der Waals surface area contributed by atoms with Gasteiger partial charge in [0.2, 0.25) is 0 Å². The molecule has 1 N–H and O–H groups in total. The number of hydrogen-bond donors (Lipinski definition) is 1. The summed E-state index contributed by atoms with van der Waals surface area (Å²) in [5.74, 6) is 0.908. The minimum Gasteiger partial charge on any atom is -0.308 e. The van der Waals surface area contributed by atoms with Crippen molar-refractivity contribution < 1.29 is 0 Å². The Bertz CT molecular complexity index is 385. The Labute approximate surface area is 116 Å². The van der Waals surface area contributed by atoms with E-state index in [0.29, 0.717) is 0 Å². The molecule has 0 bridgehead atoms. The van der Waals surface area contributed by atoms with Crippen LogP contribution in [-0.2, 0) is 0 Å². The SMILES string of the molecule is Cc1nccnc1C(C)NCCN1CCC(C)CC1. The molecule has 19 heavy (non-hydrogen) atoms. The van der Waals surface area contributed by atoms with Gasteiger partial charge in [-0.15, -0.1) is 0 Å². The van der Waals surface area contributed by atoms with Crippen molar-refractivity contribution in [2.45, 2.75) is 39.7 Å². The van der Waals surface area contributed by atoms with Crippen LogP contribution in [0.5, 0.6) is 0 Å². The van der Waals surface area contributed by atoms with Crippen LogP contribution in [0.2, 0.25) is 0 Å². The molecule has 0 amide bonds. The second-order valence-electron chi connectivity index (χ2n) is 5.73. The van der Waals surface area contributed by atoms with Crippen LogP contribution in [0.15, 0.2) is 12.4 Å². The maximum atomic E-state index is 4.41. The van der Waals surface area contributed by atoms with Crippen LogP contribution in [0.25, 0.3) is 0 Å². The van der Waals surface area contributed by atoms with Crippen molar-refractivity contribution in [2.24, 2.45) is 5.92 Å². The molecule has 1 aliphatic rings. The van der Waals surface area contributed by atoms with E-state index >= 15 is 0 Å². The summed E-state index contributed by atoms with van der Waals surface area (Å²) in [6.07, 6.45) is 6.21. The highest BCUT2D eigenvalue weighted by Gasteiger charge is 2.15. The number of nitrogens with one attached hydrogen (secondary N) is 1. The third-order valence-corrected chi connectivity index (χ3v) is 4.08. The number of likely N-dealkylation sites (tertiary alicyclic amines) is 1. The van der Waals surface area contributed by atoms with Gasteiger partial charge in [-0.2, -0.15) is 0 Å². The Kier molecular flexibility index (Phi) is 5.28. The number of rotatable bonds is 5. The van der Waals surface area contributed by atoms with E-state index in [1.807, 2.05) is 6.92 Å². The summed E-state index contributed by atoms with van der Waals surface area (Å²) in [6, 6.07) is 0.275. The van der Waals surface area contributed by atoms with E-state index in [1.165, 1.54) is 25.9 Å². The first-order valence-corrected chi connectivity index (χ1v) is 7.40. The third kappa shape index (κ3) is 4.25. The van der Waals surface area contributed by atoms with Crippen molar-refractivity contribution in [1.29, 1.82) is 0 Å². The van der Waals surface area contributed by atoms with Crippen molar-refractivity contribution in [1.82, 2.24) is 20.2 Å². The van der Waals surface area contributed by atoms with Gasteiger partial charge in [0.05, 0.1) is 11.4 Å². The van der Waals surface area contributed by atoms with Crippen LogP contribution >= 0.6 is 0 Å². The first-order chi connectivity index (χ1) is 9.16. The minimum atomic E-state index is 0.275. The molecule has 106 valence electrons. The molecule has 1 unspecified atom stereocenters. The molecule has 1 fully saturated rings. The summed E-state index contributed by atoms with van der Waals surface area (Å²) in [4.78, 5) is 11.3. The van der Waals surface area contributed by atoms with Crippen molar-refractivity contribution >= 4 is 0 Å². The van der Waals surface area contributed by atoms with E-state index in [9.17, 15) is 0 Å². The highest BCUT2D eigenvalue weighted by atomic mass is 15.1. The standard InChI is InChI=1S/C15H26N4/c1-12-4-9-19(10-5-12)11-8-17-14(3)15-13(2)16-6-7-18-15/h6-7,12,14,17H,4-5,8-11H2,1-3H3. The molecule has 0 aliphatic carbocycles. The van der Waals surface area contributed by atoms with Gasteiger partial charge in [-0.25, -0.2) is 0 Å². The van der Waals surface area contributed by atoms with Gasteiger partial charge < -0.3 is 10.2 Å². The molecule has 0 spiro atoms. The van der Waals surface area contributed by atoms with Crippen LogP contribution < -0.4 is 5.32 Å². The van der Waals surface area contributed by atoms with E-state index < -0.39 is 0 Å². The van der Waals surface area contributed by atoms with Crippen LogP contribution in [0.3, 0.4) is 0 Å². The highest BCUT2D eigenvalue weighted by Crippen LogP contribution is 2.15. The third-order valence-electron chi connectivity index (χ3n) is 4.08. The summed E-state index contributed by atoms with van der Waals surface area (Å²) < 4.78 is 0. The van der Waals surface area contributed by atoms with Gasteiger partial charge in [0, 0.05) is 31.5 Å². The summed E-state index contributed by atoms with van der Waals surface area (Å²) in [5, 5.41) is 3.55. The van der Waals surface area contributed by atoms with Gasteiger partial charge in [-0.3, -0.25) is 9.97 Å². The Morgan fingerprint density at radius 3 is 2.68 bits per heavy atom. The van der Waals surface area contributed by atoms with E-state index in [-0.39, 0.29) is 6.04 Å². The molecule has 1 aliphatic heterocycles. The molecule has 1 aromatic heterocycles. The lowest BCUT2D eigenvalue weighted by Gasteiger charge is -2.30. The lowest BCUT2D eigenvalue weighted by atomic mass is 9.99. The fourth-order valence-corrected chi connectivity index (χ4v) is 2.66. The molecule has 0 aromatic carbocycles. The first-order valence-electron chi connectivity index (χ1n) is 7.40. The van der Waals surface area contributed by atoms with Crippen LogP contribution in [0.1, 0.15) is 44.1 Å². The maximum Gasteiger partial charge on any atom is 0.0782 e. The number of nitrogens with zero attached hydrogens (tertiary/aromatic N) is 3. The second-order valence-corrected chi connectivity index (χ2v) is 5.73. The van der Waals surface area contributed by atoms with E-state index in [1.54, 1.807) is 12.4 Å². The molecule has 1 saturated heterocycles. The maximum absolute atomic E-state index is 4.41. The molecule has 4 heteroatoms. The number of aromatic nitrogens is 2. The fraction of sp³-hybridized carbons (Fsp3) is 0.733. The van der Waals surface area contributed by atoms with Gasteiger partial charge in [0.25, 0.3) is 0 Å².